The fourth-order valence-electron chi connectivity index (χ4n) is 2.28. The topological polar surface area (TPSA) is 81.9 Å². The number of nitrogens with one attached hydrogen (secondary N) is 1. The first-order valence-corrected chi connectivity index (χ1v) is 9.05. The lowest BCUT2D eigenvalue weighted by atomic mass is 10.2. The lowest BCUT2D eigenvalue weighted by Crippen LogP contribution is -2.24. The molecule has 1 aromatic heterocycles. The average Bonchev–Trinajstić information content (AvgIpc) is 3.13. The van der Waals surface area contributed by atoms with E-state index in [-0.39, 0.29) is 11.7 Å². The van der Waals surface area contributed by atoms with Gasteiger partial charge < -0.3 is 10.1 Å². The van der Waals surface area contributed by atoms with E-state index in [9.17, 15) is 4.79 Å². The molecule has 2 aromatic carbocycles. The van der Waals surface area contributed by atoms with E-state index in [1.807, 2.05) is 54.6 Å². The Morgan fingerprint density at radius 3 is 2.62 bits per heavy atom. The van der Waals surface area contributed by atoms with Crippen LogP contribution in [0.5, 0.6) is 5.75 Å². The molecule has 0 radical (unpaired) electrons. The molecule has 0 fully saturated rings. The van der Waals surface area contributed by atoms with Gasteiger partial charge in [0.25, 0.3) is 0 Å². The largest absolute Gasteiger partial charge is 0.497 e. The van der Waals surface area contributed by atoms with Crippen molar-refractivity contribution < 1.29 is 9.53 Å². The number of rotatable bonds is 8. The molecule has 8 heteroatoms. The van der Waals surface area contributed by atoms with Crippen LogP contribution in [0.25, 0.3) is 0 Å². The highest BCUT2D eigenvalue weighted by atomic mass is 32.2. The molecule has 0 saturated carbocycles. The minimum Gasteiger partial charge on any atom is -0.497 e. The molecule has 1 N–H and O–H groups in total. The van der Waals surface area contributed by atoms with E-state index in [0.717, 1.165) is 16.9 Å². The van der Waals surface area contributed by atoms with E-state index >= 15 is 0 Å². The summed E-state index contributed by atoms with van der Waals surface area (Å²) in [6.45, 7) is 1.04. The molecule has 0 unspecified atom stereocenters. The molecule has 0 spiro atoms. The van der Waals surface area contributed by atoms with E-state index in [1.165, 1.54) is 11.8 Å². The quantitative estimate of drug-likeness (QED) is 0.613. The monoisotopic (exact) mass is 369 g/mol. The summed E-state index contributed by atoms with van der Waals surface area (Å²) >= 11 is 1.31. The molecule has 0 atom stereocenters. The van der Waals surface area contributed by atoms with Crippen molar-refractivity contribution in [3.63, 3.8) is 0 Å². The molecule has 3 aromatic rings. The van der Waals surface area contributed by atoms with Crippen molar-refractivity contribution in [2.45, 2.75) is 18.2 Å². The zero-order chi connectivity index (χ0) is 18.2. The van der Waals surface area contributed by atoms with Gasteiger partial charge in [0.1, 0.15) is 5.75 Å². The second kappa shape index (κ2) is 9.00. The van der Waals surface area contributed by atoms with Crippen molar-refractivity contribution in [2.75, 3.05) is 12.9 Å². The zero-order valence-electron chi connectivity index (χ0n) is 14.3. The van der Waals surface area contributed by atoms with Crippen LogP contribution in [0.3, 0.4) is 0 Å². The van der Waals surface area contributed by atoms with E-state index in [0.29, 0.717) is 18.2 Å². The second-order valence-electron chi connectivity index (χ2n) is 5.52. The molecule has 0 bridgehead atoms. The maximum absolute atomic E-state index is 12.0. The first-order valence-electron chi connectivity index (χ1n) is 8.07. The van der Waals surface area contributed by atoms with Crippen LogP contribution in [0.2, 0.25) is 0 Å². The van der Waals surface area contributed by atoms with Crippen LogP contribution in [0.1, 0.15) is 11.1 Å². The molecule has 134 valence electrons. The molecule has 1 heterocycles. The highest BCUT2D eigenvalue weighted by Gasteiger charge is 2.10. The van der Waals surface area contributed by atoms with E-state index in [1.54, 1.807) is 11.8 Å². The normalized spacial score (nSPS) is 10.5. The Hall–Kier alpha value is -2.87. The average molecular weight is 369 g/mol. The summed E-state index contributed by atoms with van der Waals surface area (Å²) in [6, 6.07) is 17.5. The van der Waals surface area contributed by atoms with Gasteiger partial charge in [-0.15, -0.1) is 5.10 Å². The molecule has 0 aliphatic heterocycles. The number of hydrogen-bond acceptors (Lipinski definition) is 6. The zero-order valence-corrected chi connectivity index (χ0v) is 15.1. The molecule has 1 amide bonds. The third-order valence-electron chi connectivity index (χ3n) is 3.66. The van der Waals surface area contributed by atoms with E-state index in [4.69, 9.17) is 4.74 Å². The molecule has 26 heavy (non-hydrogen) atoms. The summed E-state index contributed by atoms with van der Waals surface area (Å²) in [5.41, 5.74) is 2.11. The Balaban J connectivity index is 1.51. The van der Waals surface area contributed by atoms with Gasteiger partial charge in [-0.25, -0.2) is 4.68 Å². The number of carbonyl (C=O) groups excluding carboxylic acids is 1. The summed E-state index contributed by atoms with van der Waals surface area (Å²) in [5.74, 6) is 1.00. The number of aromatic nitrogens is 4. The fraction of sp³-hybridized carbons (Fsp3) is 0.222. The van der Waals surface area contributed by atoms with Crippen molar-refractivity contribution in [1.29, 1.82) is 0 Å². The first kappa shape index (κ1) is 17.9. The van der Waals surface area contributed by atoms with Crippen LogP contribution in [-0.2, 0) is 17.9 Å². The number of tetrazole rings is 1. The Kier molecular flexibility index (Phi) is 6.21. The lowest BCUT2D eigenvalue weighted by Gasteiger charge is -2.07. The Labute approximate surface area is 155 Å². The third-order valence-corrected chi connectivity index (χ3v) is 4.61. The van der Waals surface area contributed by atoms with Crippen LogP contribution in [0.4, 0.5) is 0 Å². The van der Waals surface area contributed by atoms with Gasteiger partial charge in [0, 0.05) is 6.54 Å². The maximum Gasteiger partial charge on any atom is 0.230 e. The van der Waals surface area contributed by atoms with Crippen molar-refractivity contribution in [2.24, 2.45) is 0 Å². The number of hydrogen-bond donors (Lipinski definition) is 1. The molecular formula is C18H19N5O2S. The molecular weight excluding hydrogens is 350 g/mol. The summed E-state index contributed by atoms with van der Waals surface area (Å²) in [5, 5.41) is 15.2. The molecule has 0 aliphatic rings. The van der Waals surface area contributed by atoms with Gasteiger partial charge in [-0.05, 0) is 33.7 Å². The highest BCUT2D eigenvalue weighted by Crippen LogP contribution is 2.16. The van der Waals surface area contributed by atoms with Crippen LogP contribution in [0.15, 0.2) is 59.8 Å². The highest BCUT2D eigenvalue weighted by molar-refractivity contribution is 7.99. The van der Waals surface area contributed by atoms with Crippen molar-refractivity contribution >= 4 is 17.7 Å². The Morgan fingerprint density at radius 2 is 1.88 bits per heavy atom. The third kappa shape index (κ3) is 5.06. The SMILES string of the molecule is COc1ccc(Cn2nnnc2SCC(=O)NCc2ccccc2)cc1. The Morgan fingerprint density at radius 1 is 1.12 bits per heavy atom. The molecule has 7 nitrogen and oxygen atoms in total. The number of carbonyl (C=O) groups is 1. The Bertz CT molecular complexity index is 836. The number of amides is 1. The smallest absolute Gasteiger partial charge is 0.230 e. The number of benzene rings is 2. The molecule has 0 saturated heterocycles. The second-order valence-corrected chi connectivity index (χ2v) is 6.46. The number of nitrogens with zero attached hydrogens (tertiary/aromatic N) is 4. The summed E-state index contributed by atoms with van der Waals surface area (Å²) in [6.07, 6.45) is 0. The summed E-state index contributed by atoms with van der Waals surface area (Å²) in [4.78, 5) is 12.0. The first-order chi connectivity index (χ1) is 12.7. The van der Waals surface area contributed by atoms with Gasteiger partial charge in [-0.3, -0.25) is 4.79 Å². The van der Waals surface area contributed by atoms with Gasteiger partial charge in [-0.1, -0.05) is 54.2 Å². The molecule has 3 rings (SSSR count). The predicted octanol–water partition coefficient (Wildman–Crippen LogP) is 2.14. The van der Waals surface area contributed by atoms with Gasteiger partial charge in [-0.2, -0.15) is 0 Å². The minimum atomic E-state index is -0.0575. The van der Waals surface area contributed by atoms with E-state index in [2.05, 4.69) is 20.8 Å². The van der Waals surface area contributed by atoms with Crippen molar-refractivity contribution in [3.05, 3.63) is 65.7 Å². The molecule has 0 aliphatic carbocycles. The number of thioether (sulfide) groups is 1. The minimum absolute atomic E-state index is 0.0575. The van der Waals surface area contributed by atoms with Gasteiger partial charge in [0.15, 0.2) is 0 Å². The van der Waals surface area contributed by atoms with Crippen LogP contribution < -0.4 is 10.1 Å². The summed E-state index contributed by atoms with van der Waals surface area (Å²) in [7, 11) is 1.63. The maximum atomic E-state index is 12.0. The van der Waals surface area contributed by atoms with E-state index < -0.39 is 0 Å². The van der Waals surface area contributed by atoms with Gasteiger partial charge >= 0.3 is 0 Å². The summed E-state index contributed by atoms with van der Waals surface area (Å²) < 4.78 is 6.83. The fourth-order valence-corrected chi connectivity index (χ4v) is 2.99. The lowest BCUT2D eigenvalue weighted by molar-refractivity contribution is -0.118. The number of methoxy groups -OCH3 is 1. The van der Waals surface area contributed by atoms with Crippen molar-refractivity contribution in [3.8, 4) is 5.75 Å². The van der Waals surface area contributed by atoms with Gasteiger partial charge in [0.05, 0.1) is 19.4 Å². The predicted molar refractivity (Wildman–Crippen MR) is 98.9 cm³/mol. The van der Waals surface area contributed by atoms with Gasteiger partial charge in [0.2, 0.25) is 11.1 Å². The van der Waals surface area contributed by atoms with Crippen LogP contribution in [0, 0.1) is 0 Å². The standard InChI is InChI=1S/C18H19N5O2S/c1-25-16-9-7-15(8-10-16)12-23-18(20-21-22-23)26-13-17(24)19-11-14-5-3-2-4-6-14/h2-10H,11-13H2,1H3,(H,19,24). The number of ether oxygens (including phenoxy) is 1. The van der Waals surface area contributed by atoms with Crippen LogP contribution >= 0.6 is 11.8 Å². The van der Waals surface area contributed by atoms with Crippen LogP contribution in [-0.4, -0.2) is 39.0 Å². The van der Waals surface area contributed by atoms with Crippen molar-refractivity contribution in [1.82, 2.24) is 25.5 Å².